The van der Waals surface area contributed by atoms with Crippen molar-refractivity contribution in [2.45, 2.75) is 58.5 Å². The van der Waals surface area contributed by atoms with Gasteiger partial charge in [-0.2, -0.15) is 0 Å². The monoisotopic (exact) mass is 250 g/mol. The molecule has 0 atom stereocenters. The molecule has 0 aromatic carbocycles. The Bertz CT molecular complexity index is 245. The molecule has 3 nitrogen and oxygen atoms in total. The van der Waals surface area contributed by atoms with Crippen LogP contribution >= 0.6 is 0 Å². The van der Waals surface area contributed by atoms with Gasteiger partial charge in [-0.25, -0.2) is 8.42 Å². The number of sulfone groups is 1. The molecule has 98 valence electrons. The van der Waals surface area contributed by atoms with Crippen molar-refractivity contribution in [3.63, 3.8) is 0 Å². The van der Waals surface area contributed by atoms with E-state index in [1.54, 1.807) is 0 Å². The van der Waals surface area contributed by atoms with Gasteiger partial charge in [-0.1, -0.05) is 25.7 Å². The first-order valence-electron chi connectivity index (χ1n) is 6.21. The second-order valence-electron chi connectivity index (χ2n) is 4.67. The third-order valence-electron chi connectivity index (χ3n) is 2.36. The zero-order valence-electron chi connectivity index (χ0n) is 10.9. The van der Waals surface area contributed by atoms with Gasteiger partial charge in [0.15, 0.2) is 0 Å². The van der Waals surface area contributed by atoms with E-state index in [9.17, 15) is 8.42 Å². The predicted octanol–water partition coefficient (Wildman–Crippen LogP) is 2.80. The lowest BCUT2D eigenvalue weighted by Crippen LogP contribution is -2.03. The molecule has 4 heteroatoms. The predicted molar refractivity (Wildman–Crippen MR) is 68.5 cm³/mol. The van der Waals surface area contributed by atoms with Crippen LogP contribution in [0.15, 0.2) is 0 Å². The first-order chi connectivity index (χ1) is 7.42. The van der Waals surface area contributed by atoms with E-state index in [0.717, 1.165) is 32.3 Å². The standard InChI is InChI=1S/C12H26O3S/c1-12(2)15-10-8-6-4-5-7-9-11-16(3,13)14/h12H,4-11H2,1-3H3. The molecule has 0 rings (SSSR count). The summed E-state index contributed by atoms with van der Waals surface area (Å²) in [6.07, 6.45) is 8.09. The maximum absolute atomic E-state index is 10.9. The lowest BCUT2D eigenvalue weighted by molar-refractivity contribution is 0.0757. The Kier molecular flexibility index (Phi) is 8.94. The van der Waals surface area contributed by atoms with E-state index in [1.165, 1.54) is 19.1 Å². The number of unbranched alkanes of at least 4 members (excludes halogenated alkanes) is 5. The Balaban J connectivity index is 3.10. The van der Waals surface area contributed by atoms with Gasteiger partial charge in [0.2, 0.25) is 0 Å². The highest BCUT2D eigenvalue weighted by atomic mass is 32.2. The molecular formula is C12H26O3S. The van der Waals surface area contributed by atoms with Crippen LogP contribution < -0.4 is 0 Å². The van der Waals surface area contributed by atoms with E-state index in [4.69, 9.17) is 4.74 Å². The van der Waals surface area contributed by atoms with E-state index in [-0.39, 0.29) is 0 Å². The number of rotatable bonds is 10. The fourth-order valence-electron chi connectivity index (χ4n) is 1.49. The summed E-state index contributed by atoms with van der Waals surface area (Å²) in [7, 11) is -2.76. The summed E-state index contributed by atoms with van der Waals surface area (Å²) in [5, 5.41) is 0. The molecule has 0 saturated heterocycles. The third kappa shape index (κ3) is 13.9. The van der Waals surface area contributed by atoms with Gasteiger partial charge in [0.05, 0.1) is 6.10 Å². The average Bonchev–Trinajstić information content (AvgIpc) is 2.13. The Hall–Kier alpha value is -0.0900. The van der Waals surface area contributed by atoms with Crippen molar-refractivity contribution in [2.75, 3.05) is 18.6 Å². The lowest BCUT2D eigenvalue weighted by atomic mass is 10.1. The molecule has 0 aliphatic heterocycles. The van der Waals surface area contributed by atoms with Crippen molar-refractivity contribution in [3.8, 4) is 0 Å². The third-order valence-corrected chi connectivity index (χ3v) is 3.39. The van der Waals surface area contributed by atoms with Gasteiger partial charge < -0.3 is 4.74 Å². The van der Waals surface area contributed by atoms with E-state index < -0.39 is 9.84 Å². The molecule has 0 saturated carbocycles. The zero-order chi connectivity index (χ0) is 12.4. The minimum absolute atomic E-state index is 0.328. The maximum Gasteiger partial charge on any atom is 0.147 e. The number of hydrogen-bond donors (Lipinski definition) is 0. The van der Waals surface area contributed by atoms with Crippen LogP contribution in [0.1, 0.15) is 52.4 Å². The van der Waals surface area contributed by atoms with E-state index >= 15 is 0 Å². The van der Waals surface area contributed by atoms with Crippen LogP contribution in [-0.4, -0.2) is 33.1 Å². The molecule has 0 heterocycles. The van der Waals surface area contributed by atoms with Crippen molar-refractivity contribution < 1.29 is 13.2 Å². The van der Waals surface area contributed by atoms with Crippen LogP contribution in [0.2, 0.25) is 0 Å². The first-order valence-corrected chi connectivity index (χ1v) is 8.27. The van der Waals surface area contributed by atoms with Crippen LogP contribution in [-0.2, 0) is 14.6 Å². The minimum atomic E-state index is -2.76. The molecule has 0 amide bonds. The average molecular weight is 250 g/mol. The largest absolute Gasteiger partial charge is 0.379 e. The van der Waals surface area contributed by atoms with Crippen molar-refractivity contribution in [3.05, 3.63) is 0 Å². The van der Waals surface area contributed by atoms with Gasteiger partial charge in [0, 0.05) is 18.6 Å². The topological polar surface area (TPSA) is 43.4 Å². The van der Waals surface area contributed by atoms with Crippen LogP contribution in [0.5, 0.6) is 0 Å². The van der Waals surface area contributed by atoms with Crippen LogP contribution in [0.4, 0.5) is 0 Å². The molecule has 0 aliphatic carbocycles. The summed E-state index contributed by atoms with van der Waals surface area (Å²) in [5.41, 5.74) is 0. The fourth-order valence-corrected chi connectivity index (χ4v) is 2.22. The summed E-state index contributed by atoms with van der Waals surface area (Å²) in [6.45, 7) is 4.94. The minimum Gasteiger partial charge on any atom is -0.379 e. The summed E-state index contributed by atoms with van der Waals surface area (Å²) in [4.78, 5) is 0. The van der Waals surface area contributed by atoms with Crippen molar-refractivity contribution in [2.24, 2.45) is 0 Å². The molecule has 0 fully saturated rings. The van der Waals surface area contributed by atoms with E-state index in [2.05, 4.69) is 0 Å². The molecular weight excluding hydrogens is 224 g/mol. The molecule has 0 spiro atoms. The highest BCUT2D eigenvalue weighted by Gasteiger charge is 2.00. The van der Waals surface area contributed by atoms with Gasteiger partial charge in [-0.3, -0.25) is 0 Å². The Morgan fingerprint density at radius 3 is 1.94 bits per heavy atom. The molecule has 0 N–H and O–H groups in total. The molecule has 0 aromatic rings. The molecule has 0 aliphatic rings. The normalized spacial score (nSPS) is 12.2. The van der Waals surface area contributed by atoms with Crippen molar-refractivity contribution in [1.29, 1.82) is 0 Å². The fraction of sp³-hybridized carbons (Fsp3) is 1.00. The Morgan fingerprint density at radius 2 is 1.44 bits per heavy atom. The summed E-state index contributed by atoms with van der Waals surface area (Å²) < 4.78 is 27.1. The van der Waals surface area contributed by atoms with Gasteiger partial charge in [0.25, 0.3) is 0 Å². The summed E-state index contributed by atoms with van der Waals surface area (Å²) in [6, 6.07) is 0. The number of ether oxygens (including phenoxy) is 1. The molecule has 0 aromatic heterocycles. The number of hydrogen-bond acceptors (Lipinski definition) is 3. The van der Waals surface area contributed by atoms with Crippen LogP contribution in [0.3, 0.4) is 0 Å². The van der Waals surface area contributed by atoms with Gasteiger partial charge >= 0.3 is 0 Å². The molecule has 0 bridgehead atoms. The maximum atomic E-state index is 10.9. The SMILES string of the molecule is CC(C)OCCCCCCCCS(C)(=O)=O. The highest BCUT2D eigenvalue weighted by molar-refractivity contribution is 7.90. The summed E-state index contributed by atoms with van der Waals surface area (Å²) in [5.74, 6) is 0.337. The van der Waals surface area contributed by atoms with Crippen molar-refractivity contribution in [1.82, 2.24) is 0 Å². The Morgan fingerprint density at radius 1 is 0.938 bits per heavy atom. The molecule has 0 unspecified atom stereocenters. The van der Waals surface area contributed by atoms with Gasteiger partial charge in [0.1, 0.15) is 9.84 Å². The second kappa shape index (κ2) is 8.99. The van der Waals surface area contributed by atoms with Crippen molar-refractivity contribution >= 4 is 9.84 Å². The zero-order valence-corrected chi connectivity index (χ0v) is 11.7. The van der Waals surface area contributed by atoms with E-state index in [0.29, 0.717) is 11.9 Å². The molecule has 0 radical (unpaired) electrons. The second-order valence-corrected chi connectivity index (χ2v) is 6.93. The van der Waals surface area contributed by atoms with Gasteiger partial charge in [-0.15, -0.1) is 0 Å². The lowest BCUT2D eigenvalue weighted by Gasteiger charge is -2.06. The smallest absolute Gasteiger partial charge is 0.147 e. The Labute approximate surface area is 100 Å². The quantitative estimate of drug-likeness (QED) is 0.560. The summed E-state index contributed by atoms with van der Waals surface area (Å²) >= 11 is 0. The highest BCUT2D eigenvalue weighted by Crippen LogP contribution is 2.07. The first kappa shape index (κ1) is 15.9. The molecule has 16 heavy (non-hydrogen) atoms. The van der Waals surface area contributed by atoms with Gasteiger partial charge in [-0.05, 0) is 26.7 Å². The van der Waals surface area contributed by atoms with Crippen LogP contribution in [0, 0.1) is 0 Å². The van der Waals surface area contributed by atoms with E-state index in [1.807, 2.05) is 13.8 Å². The van der Waals surface area contributed by atoms with Crippen LogP contribution in [0.25, 0.3) is 0 Å².